The standard InChI is InChI=1S/C24H32O2/c1-3-4-5-6-7-8-9-10-11-12-13-20-14-16-22-19(2)23(24(25)26)17-15-21(22)18-20/h12-18H,3-11H2,1-2H3,(H,25,26). The topological polar surface area (TPSA) is 37.3 Å². The molecule has 0 aliphatic rings. The summed E-state index contributed by atoms with van der Waals surface area (Å²) in [5, 5.41) is 11.3. The van der Waals surface area contributed by atoms with Gasteiger partial charge in [-0.05, 0) is 53.8 Å². The molecule has 0 bridgehead atoms. The Morgan fingerprint density at radius 2 is 1.65 bits per heavy atom. The predicted molar refractivity (Wildman–Crippen MR) is 112 cm³/mol. The molecule has 0 fully saturated rings. The lowest BCUT2D eigenvalue weighted by molar-refractivity contribution is 0.0696. The minimum atomic E-state index is -0.862. The van der Waals surface area contributed by atoms with E-state index in [9.17, 15) is 9.90 Å². The molecule has 0 amide bonds. The maximum Gasteiger partial charge on any atom is 0.335 e. The maximum absolute atomic E-state index is 11.2. The van der Waals surface area contributed by atoms with Crippen LogP contribution in [0.3, 0.4) is 0 Å². The Kier molecular flexibility index (Phi) is 8.40. The summed E-state index contributed by atoms with van der Waals surface area (Å²) in [6.45, 7) is 4.14. The first-order chi connectivity index (χ1) is 12.6. The molecular weight excluding hydrogens is 320 g/mol. The molecule has 0 atom stereocenters. The molecule has 1 N–H and O–H groups in total. The molecule has 140 valence electrons. The first-order valence-corrected chi connectivity index (χ1v) is 10.1. The minimum absolute atomic E-state index is 0.385. The van der Waals surface area contributed by atoms with Crippen LogP contribution >= 0.6 is 0 Å². The molecule has 2 nitrogen and oxygen atoms in total. The van der Waals surface area contributed by atoms with Gasteiger partial charge in [0.25, 0.3) is 0 Å². The molecule has 0 spiro atoms. The molecule has 2 heteroatoms. The van der Waals surface area contributed by atoms with E-state index in [1.807, 2.05) is 19.1 Å². The molecule has 0 saturated heterocycles. The number of unbranched alkanes of at least 4 members (excludes halogenated alkanes) is 8. The van der Waals surface area contributed by atoms with Crippen LogP contribution in [0, 0.1) is 6.92 Å². The number of carboxylic acids is 1. The van der Waals surface area contributed by atoms with Crippen molar-refractivity contribution in [2.45, 2.75) is 71.6 Å². The number of fused-ring (bicyclic) bond motifs is 1. The Morgan fingerprint density at radius 3 is 2.35 bits per heavy atom. The van der Waals surface area contributed by atoms with Crippen molar-refractivity contribution in [1.29, 1.82) is 0 Å². The third-order valence-electron chi connectivity index (χ3n) is 5.08. The van der Waals surface area contributed by atoms with Crippen LogP contribution in [0.1, 0.15) is 86.2 Å². The van der Waals surface area contributed by atoms with E-state index in [-0.39, 0.29) is 0 Å². The SMILES string of the molecule is CCCCCCCCCCC=Cc1ccc2c(C)c(C(=O)O)ccc2c1. The van der Waals surface area contributed by atoms with Gasteiger partial charge < -0.3 is 5.11 Å². The quantitative estimate of drug-likeness (QED) is 0.428. The van der Waals surface area contributed by atoms with Gasteiger partial charge in [-0.3, -0.25) is 0 Å². The zero-order valence-corrected chi connectivity index (χ0v) is 16.3. The average Bonchev–Trinajstić information content (AvgIpc) is 2.63. The molecule has 0 heterocycles. The van der Waals surface area contributed by atoms with Crippen LogP contribution in [0.15, 0.2) is 36.4 Å². The first-order valence-electron chi connectivity index (χ1n) is 10.1. The van der Waals surface area contributed by atoms with Crippen LogP contribution in [-0.4, -0.2) is 11.1 Å². The maximum atomic E-state index is 11.2. The van der Waals surface area contributed by atoms with E-state index in [4.69, 9.17) is 0 Å². The number of carboxylic acid groups (broad SMARTS) is 1. The van der Waals surface area contributed by atoms with Gasteiger partial charge in [0, 0.05) is 0 Å². The van der Waals surface area contributed by atoms with Crippen molar-refractivity contribution in [2.24, 2.45) is 0 Å². The van der Waals surface area contributed by atoms with Crippen molar-refractivity contribution < 1.29 is 9.90 Å². The van der Waals surface area contributed by atoms with Crippen LogP contribution in [-0.2, 0) is 0 Å². The largest absolute Gasteiger partial charge is 0.478 e. The van der Waals surface area contributed by atoms with Crippen molar-refractivity contribution in [3.63, 3.8) is 0 Å². The molecule has 26 heavy (non-hydrogen) atoms. The van der Waals surface area contributed by atoms with Gasteiger partial charge >= 0.3 is 5.97 Å². The number of carbonyl (C=O) groups is 1. The molecule has 0 aliphatic carbocycles. The van der Waals surface area contributed by atoms with Crippen LogP contribution in [0.4, 0.5) is 0 Å². The number of hydrogen-bond acceptors (Lipinski definition) is 1. The molecule has 2 aromatic carbocycles. The summed E-state index contributed by atoms with van der Waals surface area (Å²) >= 11 is 0. The highest BCUT2D eigenvalue weighted by Crippen LogP contribution is 2.24. The van der Waals surface area contributed by atoms with Crippen molar-refractivity contribution in [1.82, 2.24) is 0 Å². The molecule has 2 aromatic rings. The molecule has 0 radical (unpaired) electrons. The molecule has 0 unspecified atom stereocenters. The van der Waals surface area contributed by atoms with Gasteiger partial charge in [-0.2, -0.15) is 0 Å². The van der Waals surface area contributed by atoms with Crippen LogP contribution < -0.4 is 0 Å². The smallest absolute Gasteiger partial charge is 0.335 e. The molecule has 0 saturated carbocycles. The summed E-state index contributed by atoms with van der Waals surface area (Å²) in [4.78, 5) is 11.2. The fourth-order valence-corrected chi connectivity index (χ4v) is 3.45. The van der Waals surface area contributed by atoms with Crippen molar-refractivity contribution in [3.05, 3.63) is 53.1 Å². The van der Waals surface area contributed by atoms with E-state index in [0.717, 1.165) is 22.8 Å². The normalized spacial score (nSPS) is 11.5. The molecular formula is C24H32O2. The number of rotatable bonds is 11. The van der Waals surface area contributed by atoms with Gasteiger partial charge in [-0.15, -0.1) is 0 Å². The lowest BCUT2D eigenvalue weighted by Gasteiger charge is -2.07. The summed E-state index contributed by atoms with van der Waals surface area (Å²) in [6, 6.07) is 9.85. The van der Waals surface area contributed by atoms with Gasteiger partial charge in [-0.1, -0.05) is 82.2 Å². The number of hydrogen-bond donors (Lipinski definition) is 1. The van der Waals surface area contributed by atoms with Gasteiger partial charge in [0.2, 0.25) is 0 Å². The lowest BCUT2D eigenvalue weighted by atomic mass is 9.98. The highest BCUT2D eigenvalue weighted by atomic mass is 16.4. The summed E-state index contributed by atoms with van der Waals surface area (Å²) in [7, 11) is 0. The van der Waals surface area contributed by atoms with Crippen LogP contribution in [0.25, 0.3) is 16.8 Å². The number of allylic oxidation sites excluding steroid dienone is 1. The minimum Gasteiger partial charge on any atom is -0.478 e. The van der Waals surface area contributed by atoms with E-state index in [0.29, 0.717) is 5.56 Å². The predicted octanol–water partition coefficient (Wildman–Crippen LogP) is 7.39. The van der Waals surface area contributed by atoms with Crippen molar-refractivity contribution in [3.8, 4) is 0 Å². The summed E-state index contributed by atoms with van der Waals surface area (Å²) in [6.07, 6.45) is 16.4. The first kappa shape index (κ1) is 20.2. The second-order valence-corrected chi connectivity index (χ2v) is 7.19. The zero-order valence-electron chi connectivity index (χ0n) is 16.3. The van der Waals surface area contributed by atoms with Crippen molar-refractivity contribution >= 4 is 22.8 Å². The Labute approximate surface area is 157 Å². The highest BCUT2D eigenvalue weighted by molar-refractivity contribution is 5.98. The third kappa shape index (κ3) is 6.01. The van der Waals surface area contributed by atoms with E-state index in [1.54, 1.807) is 6.07 Å². The third-order valence-corrected chi connectivity index (χ3v) is 5.08. The van der Waals surface area contributed by atoms with E-state index >= 15 is 0 Å². The average molecular weight is 353 g/mol. The second-order valence-electron chi connectivity index (χ2n) is 7.19. The van der Waals surface area contributed by atoms with Crippen LogP contribution in [0.5, 0.6) is 0 Å². The second kappa shape index (κ2) is 10.8. The van der Waals surface area contributed by atoms with E-state index in [2.05, 4.69) is 31.2 Å². The lowest BCUT2D eigenvalue weighted by Crippen LogP contribution is -1.99. The molecule has 2 rings (SSSR count). The highest BCUT2D eigenvalue weighted by Gasteiger charge is 2.09. The summed E-state index contributed by atoms with van der Waals surface area (Å²) < 4.78 is 0. The number of aryl methyl sites for hydroxylation is 1. The van der Waals surface area contributed by atoms with E-state index in [1.165, 1.54) is 56.9 Å². The molecule has 0 aliphatic heterocycles. The van der Waals surface area contributed by atoms with Gasteiger partial charge in [0.1, 0.15) is 0 Å². The summed E-state index contributed by atoms with van der Waals surface area (Å²) in [5.41, 5.74) is 2.40. The fraction of sp³-hybridized carbons (Fsp3) is 0.458. The van der Waals surface area contributed by atoms with E-state index < -0.39 is 5.97 Å². The Morgan fingerprint density at radius 1 is 0.962 bits per heavy atom. The monoisotopic (exact) mass is 352 g/mol. The van der Waals surface area contributed by atoms with Crippen molar-refractivity contribution in [2.75, 3.05) is 0 Å². The Bertz CT molecular complexity index is 743. The van der Waals surface area contributed by atoms with Gasteiger partial charge in [-0.25, -0.2) is 4.79 Å². The van der Waals surface area contributed by atoms with Gasteiger partial charge in [0.05, 0.1) is 5.56 Å². The number of benzene rings is 2. The Balaban J connectivity index is 1.81. The fourth-order valence-electron chi connectivity index (χ4n) is 3.45. The van der Waals surface area contributed by atoms with Gasteiger partial charge in [0.15, 0.2) is 0 Å². The summed E-state index contributed by atoms with van der Waals surface area (Å²) in [5.74, 6) is -0.862. The number of aromatic carboxylic acids is 1. The molecule has 0 aromatic heterocycles. The van der Waals surface area contributed by atoms with Crippen LogP contribution in [0.2, 0.25) is 0 Å². The Hall–Kier alpha value is -2.09. The zero-order chi connectivity index (χ0) is 18.8.